The summed E-state index contributed by atoms with van der Waals surface area (Å²) >= 11 is 0. The number of hydrogen-bond acceptors (Lipinski definition) is 2. The van der Waals surface area contributed by atoms with Crippen LogP contribution < -0.4 is 0 Å². The normalized spacial score (nSPS) is 12.1. The molecule has 0 fully saturated rings. The Bertz CT molecular complexity index is 502. The number of halogens is 3. The molecule has 1 aromatic carbocycles. The van der Waals surface area contributed by atoms with Crippen molar-refractivity contribution < 1.29 is 22.7 Å². The Kier molecular flexibility index (Phi) is 4.92. The zero-order chi connectivity index (χ0) is 14.5. The van der Waals surface area contributed by atoms with Gasteiger partial charge < -0.3 is 4.74 Å². The average Bonchev–Trinajstić information content (AvgIpc) is 2.35. The van der Waals surface area contributed by atoms with Gasteiger partial charge in [-0.05, 0) is 24.1 Å². The van der Waals surface area contributed by atoms with Gasteiger partial charge in [0.15, 0.2) is 6.61 Å². The van der Waals surface area contributed by atoms with Crippen LogP contribution in [0.2, 0.25) is 0 Å². The number of hydrogen-bond donors (Lipinski definition) is 0. The van der Waals surface area contributed by atoms with Gasteiger partial charge >= 0.3 is 12.1 Å². The van der Waals surface area contributed by atoms with Gasteiger partial charge in [-0.3, -0.25) is 0 Å². The first-order valence-corrected chi connectivity index (χ1v) is 5.47. The SMILES string of the molecule is C=Cc1ccccc1/C=C(\C)C(=O)OCC(F)(F)F. The van der Waals surface area contributed by atoms with Gasteiger partial charge in [-0.15, -0.1) is 0 Å². The van der Waals surface area contributed by atoms with Gasteiger partial charge in [0.1, 0.15) is 0 Å². The van der Waals surface area contributed by atoms with Crippen molar-refractivity contribution in [3.05, 3.63) is 47.5 Å². The van der Waals surface area contributed by atoms with Crippen LogP contribution in [0.5, 0.6) is 0 Å². The average molecular weight is 270 g/mol. The largest absolute Gasteiger partial charge is 0.453 e. The van der Waals surface area contributed by atoms with Crippen molar-refractivity contribution >= 4 is 18.1 Å². The van der Waals surface area contributed by atoms with Crippen LogP contribution in [-0.2, 0) is 9.53 Å². The van der Waals surface area contributed by atoms with E-state index in [2.05, 4.69) is 11.3 Å². The van der Waals surface area contributed by atoms with Crippen molar-refractivity contribution in [3.63, 3.8) is 0 Å². The summed E-state index contributed by atoms with van der Waals surface area (Å²) < 4.78 is 39.9. The molecule has 1 rings (SSSR count). The van der Waals surface area contributed by atoms with Crippen LogP contribution in [0, 0.1) is 0 Å². The Morgan fingerprint density at radius 1 is 1.32 bits per heavy atom. The minimum Gasteiger partial charge on any atom is -0.453 e. The maximum absolute atomic E-state index is 11.9. The second-order valence-electron chi connectivity index (χ2n) is 3.85. The maximum atomic E-state index is 11.9. The number of rotatable bonds is 4. The number of carbonyl (C=O) groups is 1. The highest BCUT2D eigenvalue weighted by atomic mass is 19.4. The molecule has 0 saturated carbocycles. The molecule has 19 heavy (non-hydrogen) atoms. The second-order valence-corrected chi connectivity index (χ2v) is 3.85. The first-order chi connectivity index (χ1) is 8.83. The Labute approximate surface area is 109 Å². The fourth-order valence-electron chi connectivity index (χ4n) is 1.38. The summed E-state index contributed by atoms with van der Waals surface area (Å²) in [5, 5.41) is 0. The number of alkyl halides is 3. The van der Waals surface area contributed by atoms with Crippen LogP contribution >= 0.6 is 0 Å². The van der Waals surface area contributed by atoms with E-state index in [1.807, 2.05) is 0 Å². The lowest BCUT2D eigenvalue weighted by Crippen LogP contribution is -2.20. The lowest BCUT2D eigenvalue weighted by atomic mass is 10.1. The molecule has 0 aliphatic carbocycles. The fourth-order valence-corrected chi connectivity index (χ4v) is 1.38. The monoisotopic (exact) mass is 270 g/mol. The molecule has 5 heteroatoms. The zero-order valence-electron chi connectivity index (χ0n) is 10.3. The first-order valence-electron chi connectivity index (χ1n) is 5.47. The Morgan fingerprint density at radius 2 is 1.89 bits per heavy atom. The highest BCUT2D eigenvalue weighted by Crippen LogP contribution is 2.17. The molecule has 102 valence electrons. The fraction of sp³-hybridized carbons (Fsp3) is 0.214. The van der Waals surface area contributed by atoms with Crippen LogP contribution in [-0.4, -0.2) is 18.8 Å². The molecule has 0 radical (unpaired) electrons. The summed E-state index contributed by atoms with van der Waals surface area (Å²) in [5.41, 5.74) is 1.57. The van der Waals surface area contributed by atoms with E-state index in [1.54, 1.807) is 30.3 Å². The molecular weight excluding hydrogens is 257 g/mol. The number of ether oxygens (including phenoxy) is 1. The lowest BCUT2D eigenvalue weighted by Gasteiger charge is -2.08. The molecule has 0 bridgehead atoms. The van der Waals surface area contributed by atoms with Crippen LogP contribution in [0.25, 0.3) is 12.2 Å². The summed E-state index contributed by atoms with van der Waals surface area (Å²) in [5.74, 6) is -0.990. The van der Waals surface area contributed by atoms with E-state index < -0.39 is 18.8 Å². The Balaban J connectivity index is 2.81. The van der Waals surface area contributed by atoms with Crippen molar-refractivity contribution in [1.29, 1.82) is 0 Å². The molecule has 2 nitrogen and oxygen atoms in total. The number of esters is 1. The van der Waals surface area contributed by atoms with Crippen LogP contribution in [0.4, 0.5) is 13.2 Å². The molecule has 0 atom stereocenters. The van der Waals surface area contributed by atoms with E-state index >= 15 is 0 Å². The molecule has 0 saturated heterocycles. The van der Waals surface area contributed by atoms with Crippen LogP contribution in [0.3, 0.4) is 0 Å². The van der Waals surface area contributed by atoms with E-state index in [0.717, 1.165) is 5.56 Å². The molecule has 0 heterocycles. The van der Waals surface area contributed by atoms with Gasteiger partial charge in [-0.2, -0.15) is 13.2 Å². The van der Waals surface area contributed by atoms with Gasteiger partial charge in [0.25, 0.3) is 0 Å². The van der Waals surface area contributed by atoms with E-state index in [0.29, 0.717) is 5.56 Å². The Hall–Kier alpha value is -2.04. The molecule has 1 aromatic rings. The number of carbonyl (C=O) groups excluding carboxylic acids is 1. The molecule has 0 unspecified atom stereocenters. The van der Waals surface area contributed by atoms with Gasteiger partial charge in [0.2, 0.25) is 0 Å². The third-order valence-electron chi connectivity index (χ3n) is 2.28. The van der Waals surface area contributed by atoms with Gasteiger partial charge in [-0.25, -0.2) is 4.79 Å². The van der Waals surface area contributed by atoms with E-state index in [4.69, 9.17) is 0 Å². The topological polar surface area (TPSA) is 26.3 Å². The van der Waals surface area contributed by atoms with Crippen molar-refractivity contribution in [1.82, 2.24) is 0 Å². The van der Waals surface area contributed by atoms with Crippen molar-refractivity contribution in [2.75, 3.05) is 6.61 Å². The van der Waals surface area contributed by atoms with Crippen molar-refractivity contribution in [3.8, 4) is 0 Å². The summed E-state index contributed by atoms with van der Waals surface area (Å²) in [6, 6.07) is 7.07. The summed E-state index contributed by atoms with van der Waals surface area (Å²) in [4.78, 5) is 11.4. The first kappa shape index (κ1) is 15.0. The van der Waals surface area contributed by atoms with Gasteiger partial charge in [0.05, 0.1) is 0 Å². The minimum atomic E-state index is -4.52. The molecule has 0 amide bonds. The van der Waals surface area contributed by atoms with Crippen LogP contribution in [0.1, 0.15) is 18.1 Å². The third-order valence-corrected chi connectivity index (χ3v) is 2.28. The van der Waals surface area contributed by atoms with E-state index in [9.17, 15) is 18.0 Å². The zero-order valence-corrected chi connectivity index (χ0v) is 10.3. The number of benzene rings is 1. The van der Waals surface area contributed by atoms with Crippen molar-refractivity contribution in [2.45, 2.75) is 13.1 Å². The van der Waals surface area contributed by atoms with E-state index in [-0.39, 0.29) is 5.57 Å². The molecule has 0 aromatic heterocycles. The maximum Gasteiger partial charge on any atom is 0.422 e. The van der Waals surface area contributed by atoms with Gasteiger partial charge in [0, 0.05) is 5.57 Å². The standard InChI is InChI=1S/C14H13F3O2/c1-3-11-6-4-5-7-12(11)8-10(2)13(18)19-9-14(15,16)17/h3-8H,1,9H2,2H3/b10-8+. The predicted molar refractivity (Wildman–Crippen MR) is 67.2 cm³/mol. The third kappa shape index (κ3) is 4.99. The second kappa shape index (κ2) is 6.22. The molecule has 0 spiro atoms. The summed E-state index contributed by atoms with van der Waals surface area (Å²) in [6.07, 6.45) is -1.45. The van der Waals surface area contributed by atoms with Crippen LogP contribution in [0.15, 0.2) is 36.4 Å². The van der Waals surface area contributed by atoms with Gasteiger partial charge in [-0.1, -0.05) is 36.9 Å². The van der Waals surface area contributed by atoms with E-state index in [1.165, 1.54) is 13.0 Å². The molecule has 0 aliphatic heterocycles. The summed E-state index contributed by atoms with van der Waals surface area (Å²) in [6.45, 7) is 3.44. The molecule has 0 aliphatic rings. The summed E-state index contributed by atoms with van der Waals surface area (Å²) in [7, 11) is 0. The smallest absolute Gasteiger partial charge is 0.422 e. The molecule has 0 N–H and O–H groups in total. The highest BCUT2D eigenvalue weighted by molar-refractivity contribution is 5.93. The quantitative estimate of drug-likeness (QED) is 0.613. The lowest BCUT2D eigenvalue weighted by molar-refractivity contribution is -0.183. The van der Waals surface area contributed by atoms with Crippen molar-refractivity contribution in [2.24, 2.45) is 0 Å². The highest BCUT2D eigenvalue weighted by Gasteiger charge is 2.29. The predicted octanol–water partition coefficient (Wildman–Crippen LogP) is 3.84. The Morgan fingerprint density at radius 3 is 2.42 bits per heavy atom. The molecular formula is C14H13F3O2. The minimum absolute atomic E-state index is 0.0959.